The largest absolute Gasteiger partial charge is 0.383 e. The Bertz CT molecular complexity index is 1110. The molecule has 3 aliphatic heterocycles. The number of ether oxygens (including phenoxy) is 1. The number of Topliss-reactive ketones (excluding diaryl/α,β-unsaturated/α-hetero) is 1. The van der Waals surface area contributed by atoms with Gasteiger partial charge in [0.2, 0.25) is 11.8 Å². The molecule has 31 heavy (non-hydrogen) atoms. The SMILES string of the molecule is COCCN1C(=O)[C@H]2[C@H](C1=O)[C@@H](C(=O)c1cccs1)N1c3ccc(C)cc3C(C)=C[C@H]21. The summed E-state index contributed by atoms with van der Waals surface area (Å²) >= 11 is 1.37. The molecular weight excluding hydrogens is 412 g/mol. The number of methoxy groups -OCH3 is 1. The number of thiophene rings is 1. The van der Waals surface area contributed by atoms with Crippen LogP contribution in [0.2, 0.25) is 0 Å². The predicted octanol–water partition coefficient (Wildman–Crippen LogP) is 3.16. The second kappa shape index (κ2) is 7.43. The third-order valence-electron chi connectivity index (χ3n) is 6.65. The number of allylic oxidation sites excluding steroid dienone is 1. The van der Waals surface area contributed by atoms with E-state index in [0.29, 0.717) is 4.88 Å². The van der Waals surface area contributed by atoms with E-state index in [1.165, 1.54) is 16.2 Å². The van der Waals surface area contributed by atoms with Crippen LogP contribution in [-0.2, 0) is 14.3 Å². The molecule has 0 unspecified atom stereocenters. The number of hydrogen-bond acceptors (Lipinski definition) is 6. The fourth-order valence-electron chi connectivity index (χ4n) is 5.29. The summed E-state index contributed by atoms with van der Waals surface area (Å²) in [6.45, 7) is 4.56. The lowest BCUT2D eigenvalue weighted by molar-refractivity contribution is -0.141. The van der Waals surface area contributed by atoms with E-state index < -0.39 is 17.9 Å². The highest BCUT2D eigenvalue weighted by molar-refractivity contribution is 7.12. The van der Waals surface area contributed by atoms with Gasteiger partial charge in [0.05, 0.1) is 35.9 Å². The second-order valence-electron chi connectivity index (χ2n) is 8.43. The van der Waals surface area contributed by atoms with E-state index in [9.17, 15) is 14.4 Å². The molecule has 2 saturated heterocycles. The van der Waals surface area contributed by atoms with Gasteiger partial charge in [-0.3, -0.25) is 19.3 Å². The number of benzene rings is 1. The number of carbonyl (C=O) groups is 3. The van der Waals surface area contributed by atoms with E-state index in [1.54, 1.807) is 13.2 Å². The van der Waals surface area contributed by atoms with E-state index in [-0.39, 0.29) is 36.8 Å². The van der Waals surface area contributed by atoms with Gasteiger partial charge in [0, 0.05) is 18.4 Å². The maximum absolute atomic E-state index is 13.7. The number of carbonyl (C=O) groups excluding carboxylic acids is 3. The number of rotatable bonds is 5. The van der Waals surface area contributed by atoms with Crippen molar-refractivity contribution < 1.29 is 19.1 Å². The van der Waals surface area contributed by atoms with Crippen LogP contribution in [0, 0.1) is 18.8 Å². The van der Waals surface area contributed by atoms with Crippen LogP contribution in [0.5, 0.6) is 0 Å². The van der Waals surface area contributed by atoms with Gasteiger partial charge in [-0.2, -0.15) is 0 Å². The van der Waals surface area contributed by atoms with Crippen LogP contribution in [0.4, 0.5) is 5.69 Å². The minimum absolute atomic E-state index is 0.0956. The fraction of sp³-hybridized carbons (Fsp3) is 0.375. The zero-order chi connectivity index (χ0) is 21.9. The van der Waals surface area contributed by atoms with Crippen LogP contribution in [0.15, 0.2) is 41.8 Å². The minimum atomic E-state index is -0.705. The number of nitrogens with zero attached hydrogens (tertiary/aromatic N) is 2. The first kappa shape index (κ1) is 20.2. The Morgan fingerprint density at radius 2 is 1.90 bits per heavy atom. The van der Waals surface area contributed by atoms with Gasteiger partial charge in [-0.1, -0.05) is 23.8 Å². The maximum atomic E-state index is 13.7. The maximum Gasteiger partial charge on any atom is 0.235 e. The van der Waals surface area contributed by atoms with Gasteiger partial charge >= 0.3 is 0 Å². The Balaban J connectivity index is 1.66. The number of anilines is 1. The van der Waals surface area contributed by atoms with Crippen molar-refractivity contribution in [2.75, 3.05) is 25.2 Å². The van der Waals surface area contributed by atoms with E-state index >= 15 is 0 Å². The average Bonchev–Trinajstić information content (AvgIpc) is 3.44. The summed E-state index contributed by atoms with van der Waals surface area (Å²) in [4.78, 5) is 44.4. The molecule has 0 radical (unpaired) electrons. The van der Waals surface area contributed by atoms with Gasteiger partial charge in [0.15, 0.2) is 5.78 Å². The number of hydrogen-bond donors (Lipinski definition) is 0. The van der Waals surface area contributed by atoms with E-state index in [1.807, 2.05) is 42.3 Å². The number of ketones is 1. The van der Waals surface area contributed by atoms with Crippen molar-refractivity contribution in [3.05, 3.63) is 57.8 Å². The van der Waals surface area contributed by atoms with Crippen LogP contribution in [-0.4, -0.2) is 54.8 Å². The standard InChI is InChI=1S/C24H24N2O4S/c1-13-6-7-16-15(11-13)14(2)12-17-19-20(24(29)25(23(19)28)8-9-30-3)21(26(16)17)22(27)18-5-4-10-31-18/h4-7,10-12,17,19-21H,8-9H2,1-3H3/t17-,19-,20+,21+/m1/s1. The number of likely N-dealkylation sites (tertiary alicyclic amines) is 1. The van der Waals surface area contributed by atoms with Gasteiger partial charge in [-0.05, 0) is 43.0 Å². The molecule has 2 fully saturated rings. The van der Waals surface area contributed by atoms with Crippen LogP contribution < -0.4 is 4.90 Å². The first-order valence-corrected chi connectivity index (χ1v) is 11.3. The second-order valence-corrected chi connectivity index (χ2v) is 9.37. The zero-order valence-corrected chi connectivity index (χ0v) is 18.5. The van der Waals surface area contributed by atoms with Crippen molar-refractivity contribution in [1.82, 2.24) is 4.90 Å². The number of aryl methyl sites for hydroxylation is 1. The molecule has 6 nitrogen and oxygen atoms in total. The quantitative estimate of drug-likeness (QED) is 0.532. The monoisotopic (exact) mass is 436 g/mol. The molecule has 2 aromatic rings. The van der Waals surface area contributed by atoms with Gasteiger partial charge in [-0.25, -0.2) is 0 Å². The van der Waals surface area contributed by atoms with Crippen LogP contribution in [0.1, 0.15) is 27.7 Å². The Morgan fingerprint density at radius 1 is 1.13 bits per heavy atom. The van der Waals surface area contributed by atoms with Gasteiger partial charge in [0.25, 0.3) is 0 Å². The molecule has 0 saturated carbocycles. The molecule has 4 atom stereocenters. The summed E-state index contributed by atoms with van der Waals surface area (Å²) in [6.07, 6.45) is 2.06. The lowest BCUT2D eigenvalue weighted by Crippen LogP contribution is -2.49. The molecule has 5 rings (SSSR count). The molecule has 1 aromatic heterocycles. The van der Waals surface area contributed by atoms with E-state index in [0.717, 1.165) is 22.4 Å². The Morgan fingerprint density at radius 3 is 2.61 bits per heavy atom. The molecule has 0 spiro atoms. The summed E-state index contributed by atoms with van der Waals surface area (Å²) in [5.41, 5.74) is 4.17. The molecule has 0 N–H and O–H groups in total. The molecule has 160 valence electrons. The van der Waals surface area contributed by atoms with Crippen molar-refractivity contribution in [2.24, 2.45) is 11.8 Å². The molecule has 2 amide bonds. The zero-order valence-electron chi connectivity index (χ0n) is 17.7. The first-order chi connectivity index (χ1) is 14.9. The van der Waals surface area contributed by atoms with Crippen molar-refractivity contribution >= 4 is 40.2 Å². The molecule has 4 heterocycles. The lowest BCUT2D eigenvalue weighted by atomic mass is 9.86. The summed E-state index contributed by atoms with van der Waals surface area (Å²) in [7, 11) is 1.54. The lowest BCUT2D eigenvalue weighted by Gasteiger charge is -2.38. The van der Waals surface area contributed by atoms with E-state index in [2.05, 4.69) is 12.1 Å². The Hall–Kier alpha value is -2.77. The Kier molecular flexibility index (Phi) is 4.83. The highest BCUT2D eigenvalue weighted by Gasteiger charge is 2.64. The minimum Gasteiger partial charge on any atom is -0.383 e. The van der Waals surface area contributed by atoms with Gasteiger partial charge in [0.1, 0.15) is 6.04 Å². The number of imide groups is 1. The van der Waals surface area contributed by atoms with Crippen molar-refractivity contribution in [3.63, 3.8) is 0 Å². The molecule has 0 bridgehead atoms. The third-order valence-corrected chi connectivity index (χ3v) is 7.53. The Labute approximate surface area is 185 Å². The normalized spacial score (nSPS) is 26.6. The molecule has 0 aliphatic carbocycles. The number of amides is 2. The first-order valence-electron chi connectivity index (χ1n) is 10.4. The molecular formula is C24H24N2O4S. The van der Waals surface area contributed by atoms with Gasteiger partial charge in [-0.15, -0.1) is 11.3 Å². The average molecular weight is 437 g/mol. The summed E-state index contributed by atoms with van der Waals surface area (Å²) in [6, 6.07) is 8.74. The fourth-order valence-corrected chi connectivity index (χ4v) is 5.98. The van der Waals surface area contributed by atoms with Crippen molar-refractivity contribution in [3.8, 4) is 0 Å². The topological polar surface area (TPSA) is 66.9 Å². The molecule has 7 heteroatoms. The smallest absolute Gasteiger partial charge is 0.235 e. The van der Waals surface area contributed by atoms with Crippen molar-refractivity contribution in [1.29, 1.82) is 0 Å². The third kappa shape index (κ3) is 2.91. The molecule has 1 aromatic carbocycles. The van der Waals surface area contributed by atoms with Crippen LogP contribution in [0.25, 0.3) is 5.57 Å². The predicted molar refractivity (Wildman–Crippen MR) is 119 cm³/mol. The summed E-state index contributed by atoms with van der Waals surface area (Å²) in [5, 5.41) is 1.86. The summed E-state index contributed by atoms with van der Waals surface area (Å²) < 4.78 is 5.10. The van der Waals surface area contributed by atoms with Gasteiger partial charge < -0.3 is 9.64 Å². The van der Waals surface area contributed by atoms with Crippen LogP contribution >= 0.6 is 11.3 Å². The molecule has 3 aliphatic rings. The summed E-state index contributed by atoms with van der Waals surface area (Å²) in [5.74, 6) is -1.83. The van der Waals surface area contributed by atoms with Crippen LogP contribution in [0.3, 0.4) is 0 Å². The van der Waals surface area contributed by atoms with E-state index in [4.69, 9.17) is 4.74 Å². The van der Waals surface area contributed by atoms with Crippen molar-refractivity contribution in [2.45, 2.75) is 25.9 Å². The highest BCUT2D eigenvalue weighted by atomic mass is 32.1. The highest BCUT2D eigenvalue weighted by Crippen LogP contribution is 2.50. The number of fused-ring (bicyclic) bond motifs is 5.